The number of aromatic nitrogens is 3. The molecular formula is C26H31F3N6O4S2. The molecule has 2 saturated heterocycles. The average molecular weight is 613 g/mol. The van der Waals surface area contributed by atoms with Gasteiger partial charge in [0.2, 0.25) is 16.0 Å². The van der Waals surface area contributed by atoms with Crippen molar-refractivity contribution in [1.82, 2.24) is 19.3 Å². The zero-order chi connectivity index (χ0) is 29.2. The number of para-hydroxylation sites is 1. The molecule has 41 heavy (non-hydrogen) atoms. The second-order valence-electron chi connectivity index (χ2n) is 11.2. The van der Waals surface area contributed by atoms with Crippen molar-refractivity contribution in [3.05, 3.63) is 30.0 Å². The van der Waals surface area contributed by atoms with Crippen LogP contribution in [-0.2, 0) is 19.5 Å². The molecule has 3 fully saturated rings. The monoisotopic (exact) mass is 612 g/mol. The van der Waals surface area contributed by atoms with Gasteiger partial charge in [0.15, 0.2) is 5.79 Å². The first-order chi connectivity index (χ1) is 19.3. The van der Waals surface area contributed by atoms with Crippen LogP contribution in [0.5, 0.6) is 0 Å². The van der Waals surface area contributed by atoms with E-state index in [1.807, 2.05) is 38.1 Å². The number of anilines is 2. The molecule has 1 saturated carbocycles. The van der Waals surface area contributed by atoms with Gasteiger partial charge in [-0.15, -0.1) is 11.3 Å². The first-order valence-electron chi connectivity index (χ1n) is 13.4. The van der Waals surface area contributed by atoms with Crippen LogP contribution in [0.15, 0.2) is 24.3 Å². The van der Waals surface area contributed by atoms with Gasteiger partial charge in [-0.2, -0.15) is 18.2 Å². The highest BCUT2D eigenvalue weighted by Gasteiger charge is 2.55. The van der Waals surface area contributed by atoms with E-state index in [-0.39, 0.29) is 29.8 Å². The van der Waals surface area contributed by atoms with Crippen LogP contribution >= 0.6 is 11.3 Å². The van der Waals surface area contributed by atoms with Gasteiger partial charge in [0, 0.05) is 19.0 Å². The third-order valence-electron chi connectivity index (χ3n) is 7.59. The van der Waals surface area contributed by atoms with Crippen LogP contribution in [0.25, 0.3) is 20.8 Å². The number of rotatable bonds is 7. The van der Waals surface area contributed by atoms with E-state index in [0.29, 0.717) is 48.0 Å². The van der Waals surface area contributed by atoms with E-state index in [4.69, 9.17) is 14.5 Å². The number of halogens is 3. The molecule has 1 aliphatic carbocycles. The molecule has 4 heterocycles. The zero-order valence-corrected chi connectivity index (χ0v) is 24.4. The summed E-state index contributed by atoms with van der Waals surface area (Å²) in [6.45, 7) is 4.84. The Bertz CT molecular complexity index is 1530. The summed E-state index contributed by atoms with van der Waals surface area (Å²) in [5.41, 5.74) is 1.84. The van der Waals surface area contributed by atoms with Gasteiger partial charge >= 0.3 is 6.18 Å². The molecule has 0 spiro atoms. The molecule has 1 aromatic carbocycles. The molecule has 2 aliphatic heterocycles. The van der Waals surface area contributed by atoms with E-state index in [1.165, 1.54) is 15.6 Å². The fourth-order valence-corrected chi connectivity index (χ4v) is 8.55. The van der Waals surface area contributed by atoms with Crippen LogP contribution in [0.3, 0.4) is 0 Å². The summed E-state index contributed by atoms with van der Waals surface area (Å²) in [5, 5.41) is 6.36. The number of ether oxygens (including phenoxy) is 2. The summed E-state index contributed by atoms with van der Waals surface area (Å²) < 4.78 is 79.1. The Balaban J connectivity index is 1.35. The Morgan fingerprint density at radius 2 is 1.90 bits per heavy atom. The van der Waals surface area contributed by atoms with Crippen LogP contribution in [-0.4, -0.2) is 83.3 Å². The van der Waals surface area contributed by atoms with Crippen LogP contribution < -0.4 is 10.6 Å². The van der Waals surface area contributed by atoms with Crippen LogP contribution in [0, 0.1) is 12.8 Å². The number of nitrogens with zero attached hydrogens (tertiary/aromatic N) is 4. The van der Waals surface area contributed by atoms with Crippen molar-refractivity contribution >= 4 is 43.3 Å². The maximum Gasteiger partial charge on any atom is 0.405 e. The summed E-state index contributed by atoms with van der Waals surface area (Å²) in [6.07, 6.45) is -4.13. The molecule has 3 aliphatic rings. The maximum atomic E-state index is 13.0. The van der Waals surface area contributed by atoms with Crippen molar-refractivity contribution in [2.75, 3.05) is 36.0 Å². The van der Waals surface area contributed by atoms with Crippen LogP contribution in [0.4, 0.5) is 24.9 Å². The SMILES string of the molecule is Cc1nc(NCC(F)(F)F)nc(N[C@@H]2C[C@H](CN3CCCS3(=O)=O)[C@H]3OC(C)(C)O[C@H]32)c1-c1nc2ccccc2s1. The number of hydrogen-bond acceptors (Lipinski definition) is 10. The summed E-state index contributed by atoms with van der Waals surface area (Å²) in [5.74, 6) is -0.728. The summed E-state index contributed by atoms with van der Waals surface area (Å²) in [6, 6.07) is 7.29. The second kappa shape index (κ2) is 10.3. The Hall–Kier alpha value is -2.59. The fraction of sp³-hybridized carbons (Fsp3) is 0.577. The van der Waals surface area contributed by atoms with E-state index in [0.717, 1.165) is 10.2 Å². The molecule has 15 heteroatoms. The van der Waals surface area contributed by atoms with Gasteiger partial charge in [0.1, 0.15) is 23.5 Å². The lowest BCUT2D eigenvalue weighted by molar-refractivity contribution is -0.157. The highest BCUT2D eigenvalue weighted by Crippen LogP contribution is 2.45. The van der Waals surface area contributed by atoms with Crippen molar-refractivity contribution in [3.63, 3.8) is 0 Å². The molecule has 0 amide bonds. The van der Waals surface area contributed by atoms with Crippen molar-refractivity contribution < 1.29 is 31.1 Å². The Labute approximate surface area is 239 Å². The number of benzene rings is 1. The minimum absolute atomic E-state index is 0.137. The predicted molar refractivity (Wildman–Crippen MR) is 149 cm³/mol. The van der Waals surface area contributed by atoms with Gasteiger partial charge in [-0.25, -0.2) is 22.7 Å². The van der Waals surface area contributed by atoms with E-state index in [1.54, 1.807) is 6.92 Å². The van der Waals surface area contributed by atoms with Crippen molar-refractivity contribution in [2.24, 2.45) is 5.92 Å². The lowest BCUT2D eigenvalue weighted by Gasteiger charge is -2.26. The first-order valence-corrected chi connectivity index (χ1v) is 15.9. The molecule has 0 unspecified atom stereocenters. The molecule has 3 aromatic rings. The normalized spacial score (nSPS) is 27.4. The Morgan fingerprint density at radius 1 is 1.15 bits per heavy atom. The zero-order valence-electron chi connectivity index (χ0n) is 22.7. The predicted octanol–water partition coefficient (Wildman–Crippen LogP) is 4.39. The number of alkyl halides is 3. The van der Waals surface area contributed by atoms with Crippen molar-refractivity contribution in [3.8, 4) is 10.6 Å². The number of sulfonamides is 1. The molecule has 2 N–H and O–H groups in total. The third-order valence-corrected chi connectivity index (χ3v) is 10.6. The van der Waals surface area contributed by atoms with E-state index in [2.05, 4.69) is 20.6 Å². The summed E-state index contributed by atoms with van der Waals surface area (Å²) in [4.78, 5) is 13.6. The van der Waals surface area contributed by atoms with Crippen molar-refractivity contribution in [1.29, 1.82) is 0 Å². The van der Waals surface area contributed by atoms with Crippen LogP contribution in [0.2, 0.25) is 0 Å². The fourth-order valence-electron chi connectivity index (χ4n) is 5.91. The second-order valence-corrected chi connectivity index (χ2v) is 14.3. The molecule has 0 radical (unpaired) electrons. The third kappa shape index (κ3) is 5.87. The summed E-state index contributed by atoms with van der Waals surface area (Å²) >= 11 is 1.44. The number of hydrogen-bond donors (Lipinski definition) is 2. The van der Waals surface area contributed by atoms with Gasteiger partial charge in [-0.1, -0.05) is 12.1 Å². The molecular weight excluding hydrogens is 581 g/mol. The minimum Gasteiger partial charge on any atom is -0.364 e. The van der Waals surface area contributed by atoms with Gasteiger partial charge in [0.05, 0.1) is 39.4 Å². The van der Waals surface area contributed by atoms with E-state index in [9.17, 15) is 21.6 Å². The number of nitrogens with one attached hydrogen (secondary N) is 2. The van der Waals surface area contributed by atoms with E-state index >= 15 is 0 Å². The standard InChI is InChI=1S/C26H31F3N6O4S2/c1-14-19(23-33-16-7-4-5-8-18(16)40-23)22(34-24(31-14)30-13-26(27,28)29)32-17-11-15(12-35-9-6-10-41(35,36)37)20-21(17)39-25(2,3)38-20/h4-5,7-8,15,17,20-21H,6,9-13H2,1-3H3,(H2,30,31,32,34)/t15-,17-,20-,21+/m1/s1. The lowest BCUT2D eigenvalue weighted by atomic mass is 10.1. The van der Waals surface area contributed by atoms with Crippen LogP contribution in [0.1, 0.15) is 32.4 Å². The topological polar surface area (TPSA) is 119 Å². The van der Waals surface area contributed by atoms with Gasteiger partial charge in [-0.3, -0.25) is 0 Å². The minimum atomic E-state index is -4.45. The molecule has 0 bridgehead atoms. The van der Waals surface area contributed by atoms with Gasteiger partial charge in [0.25, 0.3) is 0 Å². The average Bonchev–Trinajstić information content (AvgIpc) is 3.60. The first kappa shape index (κ1) is 28.5. The highest BCUT2D eigenvalue weighted by molar-refractivity contribution is 7.89. The molecule has 6 rings (SSSR count). The number of fused-ring (bicyclic) bond motifs is 2. The smallest absolute Gasteiger partial charge is 0.364 e. The van der Waals surface area contributed by atoms with Crippen molar-refractivity contribution in [2.45, 2.75) is 63.8 Å². The lowest BCUT2D eigenvalue weighted by Crippen LogP contribution is -2.36. The summed E-state index contributed by atoms with van der Waals surface area (Å²) in [7, 11) is -3.30. The number of thiazole rings is 1. The number of aryl methyl sites for hydroxylation is 1. The highest BCUT2D eigenvalue weighted by atomic mass is 32.2. The van der Waals surface area contributed by atoms with Gasteiger partial charge in [-0.05, 0) is 45.7 Å². The molecule has 222 valence electrons. The molecule has 10 nitrogen and oxygen atoms in total. The Kier molecular flexibility index (Phi) is 7.16. The quantitative estimate of drug-likeness (QED) is 0.401. The van der Waals surface area contributed by atoms with Gasteiger partial charge < -0.3 is 20.1 Å². The molecule has 2 aromatic heterocycles. The maximum absolute atomic E-state index is 13.0. The Morgan fingerprint density at radius 3 is 2.61 bits per heavy atom. The van der Waals surface area contributed by atoms with E-state index < -0.39 is 34.6 Å². The largest absolute Gasteiger partial charge is 0.405 e. The molecule has 4 atom stereocenters.